The molecule has 3 rings (SSSR count). The summed E-state index contributed by atoms with van der Waals surface area (Å²) in [5.41, 5.74) is 0.925. The van der Waals surface area contributed by atoms with Crippen LogP contribution in [0.25, 0.3) is 0 Å². The van der Waals surface area contributed by atoms with Crippen molar-refractivity contribution in [2.75, 3.05) is 13.7 Å². The van der Waals surface area contributed by atoms with Crippen molar-refractivity contribution in [1.29, 1.82) is 0 Å². The lowest BCUT2D eigenvalue weighted by atomic mass is 10.3. The minimum atomic E-state index is -0.317. The van der Waals surface area contributed by atoms with Crippen LogP contribution in [0.2, 0.25) is 0 Å². The van der Waals surface area contributed by atoms with E-state index in [4.69, 9.17) is 4.74 Å². The van der Waals surface area contributed by atoms with Crippen LogP contribution < -0.4 is 4.74 Å². The lowest BCUT2D eigenvalue weighted by molar-refractivity contribution is 0.0773. The van der Waals surface area contributed by atoms with Gasteiger partial charge in [0.05, 0.1) is 18.8 Å². The van der Waals surface area contributed by atoms with E-state index in [1.165, 1.54) is 17.0 Å². The van der Waals surface area contributed by atoms with Gasteiger partial charge < -0.3 is 14.2 Å². The van der Waals surface area contributed by atoms with Gasteiger partial charge in [-0.15, -0.1) is 15.3 Å². The Morgan fingerprint density at radius 1 is 1.26 bits per heavy atom. The maximum absolute atomic E-state index is 12.9. The predicted molar refractivity (Wildman–Crippen MR) is 93.5 cm³/mol. The molecule has 0 unspecified atom stereocenters. The minimum absolute atomic E-state index is 0.249. The molecular formula is C17H20FN7O2. The van der Waals surface area contributed by atoms with Crippen LogP contribution >= 0.6 is 0 Å². The van der Waals surface area contributed by atoms with Crippen molar-refractivity contribution in [3.63, 3.8) is 0 Å². The number of hydrogen-bond acceptors (Lipinski definition) is 6. The fourth-order valence-corrected chi connectivity index (χ4v) is 2.47. The van der Waals surface area contributed by atoms with Gasteiger partial charge in [0.2, 0.25) is 0 Å². The van der Waals surface area contributed by atoms with Gasteiger partial charge in [0, 0.05) is 14.1 Å². The van der Waals surface area contributed by atoms with Crippen LogP contribution in [-0.2, 0) is 20.1 Å². The van der Waals surface area contributed by atoms with Gasteiger partial charge in [0.25, 0.3) is 5.91 Å². The topological polar surface area (TPSA) is 91.0 Å². The number of hydrogen-bond donors (Lipinski definition) is 0. The minimum Gasteiger partial charge on any atom is -0.492 e. The Bertz CT molecular complexity index is 920. The third-order valence-corrected chi connectivity index (χ3v) is 4.10. The standard InChI is InChI=1S/C17H20FN7O2/c1-12-16(17(26)23(2)10-15-20-19-11-24(15)3)21-22-25(12)8-9-27-14-6-4-13(18)5-7-14/h4-7,11H,8-10H2,1-3H3. The lowest BCUT2D eigenvalue weighted by Crippen LogP contribution is -2.28. The summed E-state index contributed by atoms with van der Waals surface area (Å²) in [6.45, 7) is 2.82. The van der Waals surface area contributed by atoms with Gasteiger partial charge in [0.15, 0.2) is 11.5 Å². The summed E-state index contributed by atoms with van der Waals surface area (Å²) in [5, 5.41) is 15.8. The van der Waals surface area contributed by atoms with Crippen molar-refractivity contribution in [2.45, 2.75) is 20.0 Å². The molecule has 0 atom stereocenters. The zero-order chi connectivity index (χ0) is 19.4. The highest BCUT2D eigenvalue weighted by molar-refractivity contribution is 5.92. The number of ether oxygens (including phenoxy) is 1. The van der Waals surface area contributed by atoms with E-state index in [0.29, 0.717) is 37.0 Å². The monoisotopic (exact) mass is 373 g/mol. The quantitative estimate of drug-likeness (QED) is 0.618. The van der Waals surface area contributed by atoms with E-state index in [0.717, 1.165) is 0 Å². The summed E-state index contributed by atoms with van der Waals surface area (Å²) in [6, 6.07) is 5.78. The third-order valence-electron chi connectivity index (χ3n) is 4.10. The Morgan fingerprint density at radius 2 is 2.00 bits per heavy atom. The molecule has 2 heterocycles. The van der Waals surface area contributed by atoms with E-state index < -0.39 is 0 Å². The van der Waals surface area contributed by atoms with Crippen molar-refractivity contribution in [3.8, 4) is 5.75 Å². The van der Waals surface area contributed by atoms with Crippen LogP contribution in [-0.4, -0.2) is 54.2 Å². The highest BCUT2D eigenvalue weighted by atomic mass is 19.1. The molecule has 0 bridgehead atoms. The molecule has 142 valence electrons. The average molecular weight is 373 g/mol. The number of rotatable bonds is 7. The lowest BCUT2D eigenvalue weighted by Gasteiger charge is -2.15. The molecule has 10 heteroatoms. The van der Waals surface area contributed by atoms with Crippen LogP contribution in [0.1, 0.15) is 22.0 Å². The summed E-state index contributed by atoms with van der Waals surface area (Å²) >= 11 is 0. The van der Waals surface area contributed by atoms with Crippen LogP contribution in [0.3, 0.4) is 0 Å². The molecule has 3 aromatic rings. The maximum atomic E-state index is 12.9. The molecule has 0 fully saturated rings. The van der Waals surface area contributed by atoms with Gasteiger partial charge in [-0.25, -0.2) is 9.07 Å². The van der Waals surface area contributed by atoms with Crippen LogP contribution in [0.4, 0.5) is 4.39 Å². The molecule has 0 radical (unpaired) electrons. The Kier molecular flexibility index (Phi) is 5.43. The zero-order valence-corrected chi connectivity index (χ0v) is 15.3. The smallest absolute Gasteiger partial charge is 0.276 e. The molecule has 0 saturated heterocycles. The molecule has 0 aliphatic carbocycles. The van der Waals surface area contributed by atoms with Crippen LogP contribution in [0.15, 0.2) is 30.6 Å². The summed E-state index contributed by atoms with van der Waals surface area (Å²) in [7, 11) is 3.49. The largest absolute Gasteiger partial charge is 0.492 e. The van der Waals surface area contributed by atoms with Crippen molar-refractivity contribution in [2.24, 2.45) is 7.05 Å². The van der Waals surface area contributed by atoms with E-state index in [-0.39, 0.29) is 17.4 Å². The van der Waals surface area contributed by atoms with Gasteiger partial charge in [-0.05, 0) is 31.2 Å². The molecule has 0 spiro atoms. The van der Waals surface area contributed by atoms with E-state index in [9.17, 15) is 9.18 Å². The Hall–Kier alpha value is -3.30. The van der Waals surface area contributed by atoms with Gasteiger partial charge in [-0.1, -0.05) is 5.21 Å². The summed E-state index contributed by atoms with van der Waals surface area (Å²) in [4.78, 5) is 14.1. The third kappa shape index (κ3) is 4.27. The number of carbonyl (C=O) groups excluding carboxylic acids is 1. The summed E-state index contributed by atoms with van der Waals surface area (Å²) in [6.07, 6.45) is 1.58. The molecule has 0 saturated carbocycles. The Labute approximate surface area is 155 Å². The number of benzene rings is 1. The number of carbonyl (C=O) groups is 1. The fourth-order valence-electron chi connectivity index (χ4n) is 2.47. The molecule has 9 nitrogen and oxygen atoms in total. The number of aryl methyl sites for hydroxylation is 1. The summed E-state index contributed by atoms with van der Waals surface area (Å²) in [5.74, 6) is 0.668. The van der Waals surface area contributed by atoms with Crippen LogP contribution in [0.5, 0.6) is 5.75 Å². The fraction of sp³-hybridized carbons (Fsp3) is 0.353. The first-order valence-corrected chi connectivity index (χ1v) is 8.32. The molecule has 0 aliphatic heterocycles. The van der Waals surface area contributed by atoms with E-state index in [1.807, 2.05) is 7.05 Å². The number of halogens is 1. The van der Waals surface area contributed by atoms with Crippen molar-refractivity contribution in [1.82, 2.24) is 34.7 Å². The molecule has 1 amide bonds. The maximum Gasteiger partial charge on any atom is 0.276 e. The molecule has 1 aromatic carbocycles. The first-order chi connectivity index (χ1) is 13.0. The summed E-state index contributed by atoms with van der Waals surface area (Å²) < 4.78 is 21.8. The first-order valence-electron chi connectivity index (χ1n) is 8.32. The van der Waals surface area contributed by atoms with Crippen molar-refractivity contribution in [3.05, 3.63) is 53.6 Å². The molecule has 2 aromatic heterocycles. The molecular weight excluding hydrogens is 353 g/mol. The molecule has 0 N–H and O–H groups in total. The second kappa shape index (κ2) is 7.94. The van der Waals surface area contributed by atoms with Crippen molar-refractivity contribution < 1.29 is 13.9 Å². The van der Waals surface area contributed by atoms with Gasteiger partial charge in [0.1, 0.15) is 24.5 Å². The van der Waals surface area contributed by atoms with E-state index in [2.05, 4.69) is 20.5 Å². The van der Waals surface area contributed by atoms with Gasteiger partial charge in [-0.3, -0.25) is 4.79 Å². The highest BCUT2D eigenvalue weighted by Gasteiger charge is 2.21. The normalized spacial score (nSPS) is 10.8. The van der Waals surface area contributed by atoms with Gasteiger partial charge >= 0.3 is 0 Å². The van der Waals surface area contributed by atoms with E-state index >= 15 is 0 Å². The number of nitrogens with zero attached hydrogens (tertiary/aromatic N) is 7. The predicted octanol–water partition coefficient (Wildman–Crippen LogP) is 1.21. The van der Waals surface area contributed by atoms with Gasteiger partial charge in [-0.2, -0.15) is 0 Å². The highest BCUT2D eigenvalue weighted by Crippen LogP contribution is 2.12. The van der Waals surface area contributed by atoms with Crippen molar-refractivity contribution >= 4 is 5.91 Å². The molecule has 0 aliphatic rings. The zero-order valence-electron chi connectivity index (χ0n) is 15.3. The first kappa shape index (κ1) is 18.5. The molecule has 27 heavy (non-hydrogen) atoms. The Balaban J connectivity index is 1.59. The SMILES string of the molecule is Cc1c(C(=O)N(C)Cc2nncn2C)nnn1CCOc1ccc(F)cc1. The van der Waals surface area contributed by atoms with Crippen LogP contribution in [0, 0.1) is 12.7 Å². The number of aromatic nitrogens is 6. The number of amides is 1. The second-order valence-electron chi connectivity index (χ2n) is 6.07. The van der Waals surface area contributed by atoms with E-state index in [1.54, 1.807) is 41.7 Å². The average Bonchev–Trinajstić information content (AvgIpc) is 3.22. The second-order valence-corrected chi connectivity index (χ2v) is 6.07. The Morgan fingerprint density at radius 3 is 2.67 bits per heavy atom.